The molecule has 0 aromatic heterocycles. The number of rotatable bonds is 10. The lowest BCUT2D eigenvalue weighted by atomic mass is 10.1. The van der Waals surface area contributed by atoms with E-state index >= 15 is 0 Å². The van der Waals surface area contributed by atoms with E-state index in [9.17, 15) is 14.0 Å². The fourth-order valence-electron chi connectivity index (χ4n) is 4.19. The van der Waals surface area contributed by atoms with Crippen LogP contribution in [0.3, 0.4) is 0 Å². The first-order chi connectivity index (χ1) is 15.9. The molecule has 2 aromatic rings. The van der Waals surface area contributed by atoms with Crippen LogP contribution in [0.5, 0.6) is 11.5 Å². The van der Waals surface area contributed by atoms with Crippen LogP contribution >= 0.6 is 0 Å². The smallest absolute Gasteiger partial charge is 0.242 e. The zero-order valence-corrected chi connectivity index (χ0v) is 19.6. The van der Waals surface area contributed by atoms with Crippen LogP contribution in [0.1, 0.15) is 50.2 Å². The number of halogens is 1. The molecule has 1 aliphatic rings. The van der Waals surface area contributed by atoms with E-state index in [1.807, 2.05) is 18.2 Å². The van der Waals surface area contributed by atoms with Crippen LogP contribution in [-0.2, 0) is 22.6 Å². The molecule has 0 spiro atoms. The predicted octanol–water partition coefficient (Wildman–Crippen LogP) is 4.25. The molecule has 0 saturated heterocycles. The highest BCUT2D eigenvalue weighted by molar-refractivity contribution is 5.87. The van der Waals surface area contributed by atoms with E-state index in [0.717, 1.165) is 36.8 Å². The third kappa shape index (κ3) is 6.70. The Morgan fingerprint density at radius 2 is 1.67 bits per heavy atom. The number of methoxy groups -OCH3 is 2. The number of nitrogens with zero attached hydrogens (tertiary/aromatic N) is 1. The number of carbonyl (C=O) groups excluding carboxylic acids is 2. The fraction of sp³-hybridized carbons (Fsp3) is 0.462. The van der Waals surface area contributed by atoms with Gasteiger partial charge in [-0.15, -0.1) is 0 Å². The molecular formula is C26H33FN2O4. The third-order valence-corrected chi connectivity index (χ3v) is 6.21. The van der Waals surface area contributed by atoms with E-state index in [1.165, 1.54) is 12.1 Å². The standard InChI is InChI=1S/C26H33FN2O4/c1-18(26(31)28-22-6-4-5-7-22)29(17-20-8-12-21(27)13-9-20)25(30)15-11-19-10-14-23(32-2)24(16-19)33-3/h8-10,12-14,16,18,22H,4-7,11,15,17H2,1-3H3,(H,28,31)/t18-/m0/s1. The Labute approximate surface area is 195 Å². The first-order valence-electron chi connectivity index (χ1n) is 11.5. The van der Waals surface area contributed by atoms with Crippen molar-refractivity contribution in [3.8, 4) is 11.5 Å². The molecule has 6 nitrogen and oxygen atoms in total. The van der Waals surface area contributed by atoms with Gasteiger partial charge in [-0.05, 0) is 61.6 Å². The average Bonchev–Trinajstić information content (AvgIpc) is 3.34. The van der Waals surface area contributed by atoms with Crippen molar-refractivity contribution in [2.75, 3.05) is 14.2 Å². The molecule has 0 aliphatic heterocycles. The topological polar surface area (TPSA) is 67.9 Å². The van der Waals surface area contributed by atoms with Gasteiger partial charge in [-0.3, -0.25) is 9.59 Å². The van der Waals surface area contributed by atoms with Crippen LogP contribution < -0.4 is 14.8 Å². The zero-order chi connectivity index (χ0) is 23.8. The second-order valence-electron chi connectivity index (χ2n) is 8.50. The van der Waals surface area contributed by atoms with Crippen molar-refractivity contribution < 1.29 is 23.5 Å². The molecule has 1 saturated carbocycles. The molecule has 1 N–H and O–H groups in total. The van der Waals surface area contributed by atoms with Crippen molar-refractivity contribution >= 4 is 11.8 Å². The van der Waals surface area contributed by atoms with Gasteiger partial charge < -0.3 is 19.7 Å². The summed E-state index contributed by atoms with van der Waals surface area (Å²) in [6, 6.07) is 11.1. The number of hydrogen-bond donors (Lipinski definition) is 1. The zero-order valence-electron chi connectivity index (χ0n) is 19.6. The Kier molecular flexibility index (Phi) is 8.69. The summed E-state index contributed by atoms with van der Waals surface area (Å²) < 4.78 is 24.0. The van der Waals surface area contributed by atoms with Crippen molar-refractivity contribution in [1.29, 1.82) is 0 Å². The summed E-state index contributed by atoms with van der Waals surface area (Å²) in [5, 5.41) is 3.09. The van der Waals surface area contributed by atoms with E-state index in [-0.39, 0.29) is 36.6 Å². The number of benzene rings is 2. The number of hydrogen-bond acceptors (Lipinski definition) is 4. The summed E-state index contributed by atoms with van der Waals surface area (Å²) in [6.07, 6.45) is 4.91. The summed E-state index contributed by atoms with van der Waals surface area (Å²) >= 11 is 0. The molecular weight excluding hydrogens is 423 g/mol. The number of carbonyl (C=O) groups is 2. The summed E-state index contributed by atoms with van der Waals surface area (Å²) in [6.45, 7) is 1.99. The fourth-order valence-corrected chi connectivity index (χ4v) is 4.19. The second kappa shape index (κ2) is 11.7. The summed E-state index contributed by atoms with van der Waals surface area (Å²) in [7, 11) is 3.15. The highest BCUT2D eigenvalue weighted by Gasteiger charge is 2.28. The molecule has 0 heterocycles. The SMILES string of the molecule is COc1ccc(CCC(=O)N(Cc2ccc(F)cc2)[C@@H](C)C(=O)NC2CCCC2)cc1OC. The van der Waals surface area contributed by atoms with Crippen LogP contribution in [0.2, 0.25) is 0 Å². The van der Waals surface area contributed by atoms with Crippen molar-refractivity contribution in [1.82, 2.24) is 10.2 Å². The summed E-state index contributed by atoms with van der Waals surface area (Å²) in [4.78, 5) is 27.8. The molecule has 1 aliphatic carbocycles. The van der Waals surface area contributed by atoms with Crippen molar-refractivity contribution in [2.45, 2.75) is 64.1 Å². The third-order valence-electron chi connectivity index (χ3n) is 6.21. The van der Waals surface area contributed by atoms with Crippen LogP contribution in [-0.4, -0.2) is 43.0 Å². The second-order valence-corrected chi connectivity index (χ2v) is 8.50. The van der Waals surface area contributed by atoms with Crippen molar-refractivity contribution in [2.24, 2.45) is 0 Å². The van der Waals surface area contributed by atoms with Gasteiger partial charge in [0.15, 0.2) is 11.5 Å². The van der Waals surface area contributed by atoms with E-state index in [4.69, 9.17) is 9.47 Å². The quantitative estimate of drug-likeness (QED) is 0.580. The lowest BCUT2D eigenvalue weighted by Crippen LogP contribution is -2.49. The van der Waals surface area contributed by atoms with Crippen LogP contribution in [0, 0.1) is 5.82 Å². The number of ether oxygens (including phenoxy) is 2. The van der Waals surface area contributed by atoms with Gasteiger partial charge in [-0.25, -0.2) is 4.39 Å². The molecule has 0 unspecified atom stereocenters. The first-order valence-corrected chi connectivity index (χ1v) is 11.5. The van der Waals surface area contributed by atoms with Gasteiger partial charge in [0.05, 0.1) is 14.2 Å². The van der Waals surface area contributed by atoms with Gasteiger partial charge in [-0.2, -0.15) is 0 Å². The summed E-state index contributed by atoms with van der Waals surface area (Å²) in [5.41, 5.74) is 1.71. The van der Waals surface area contributed by atoms with E-state index < -0.39 is 6.04 Å². The maximum absolute atomic E-state index is 13.4. The van der Waals surface area contributed by atoms with Gasteiger partial charge in [0.2, 0.25) is 11.8 Å². The van der Waals surface area contributed by atoms with Gasteiger partial charge in [0.25, 0.3) is 0 Å². The molecule has 7 heteroatoms. The minimum absolute atomic E-state index is 0.136. The molecule has 3 rings (SSSR count). The van der Waals surface area contributed by atoms with Crippen LogP contribution in [0.4, 0.5) is 4.39 Å². The summed E-state index contributed by atoms with van der Waals surface area (Å²) in [5.74, 6) is 0.612. The normalized spacial score (nSPS) is 14.5. The van der Waals surface area contributed by atoms with E-state index in [1.54, 1.807) is 38.2 Å². The Hall–Kier alpha value is -3.09. The Bertz CT molecular complexity index is 942. The highest BCUT2D eigenvalue weighted by atomic mass is 19.1. The molecule has 0 bridgehead atoms. The van der Waals surface area contributed by atoms with E-state index in [0.29, 0.717) is 17.9 Å². The van der Waals surface area contributed by atoms with Gasteiger partial charge in [-0.1, -0.05) is 31.0 Å². The lowest BCUT2D eigenvalue weighted by Gasteiger charge is -2.30. The number of nitrogens with one attached hydrogen (secondary N) is 1. The maximum Gasteiger partial charge on any atom is 0.242 e. The first kappa shape index (κ1) is 24.6. The highest BCUT2D eigenvalue weighted by Crippen LogP contribution is 2.28. The van der Waals surface area contributed by atoms with Crippen LogP contribution in [0.15, 0.2) is 42.5 Å². The van der Waals surface area contributed by atoms with E-state index in [2.05, 4.69) is 5.32 Å². The maximum atomic E-state index is 13.4. The lowest BCUT2D eigenvalue weighted by molar-refractivity contribution is -0.140. The van der Waals surface area contributed by atoms with Crippen molar-refractivity contribution in [3.05, 3.63) is 59.4 Å². The largest absolute Gasteiger partial charge is 0.493 e. The molecule has 1 fully saturated rings. The molecule has 2 aromatic carbocycles. The minimum Gasteiger partial charge on any atom is -0.493 e. The number of amides is 2. The molecule has 33 heavy (non-hydrogen) atoms. The Morgan fingerprint density at radius 1 is 1.03 bits per heavy atom. The monoisotopic (exact) mass is 456 g/mol. The minimum atomic E-state index is -0.631. The molecule has 1 atom stereocenters. The van der Waals surface area contributed by atoms with Crippen LogP contribution in [0.25, 0.3) is 0 Å². The Balaban J connectivity index is 1.71. The van der Waals surface area contributed by atoms with Gasteiger partial charge in [0, 0.05) is 19.0 Å². The van der Waals surface area contributed by atoms with Gasteiger partial charge >= 0.3 is 0 Å². The van der Waals surface area contributed by atoms with Crippen molar-refractivity contribution in [3.63, 3.8) is 0 Å². The molecule has 0 radical (unpaired) electrons. The Morgan fingerprint density at radius 3 is 2.30 bits per heavy atom. The van der Waals surface area contributed by atoms with Gasteiger partial charge in [0.1, 0.15) is 11.9 Å². The average molecular weight is 457 g/mol. The molecule has 178 valence electrons. The number of aryl methyl sites for hydroxylation is 1. The molecule has 2 amide bonds. The predicted molar refractivity (Wildman–Crippen MR) is 125 cm³/mol.